The van der Waals surface area contributed by atoms with Crippen LogP contribution in [0, 0.1) is 0 Å². The van der Waals surface area contributed by atoms with Gasteiger partial charge in [-0.25, -0.2) is 4.57 Å². The van der Waals surface area contributed by atoms with E-state index >= 15 is 0 Å². The molecule has 0 aliphatic heterocycles. The van der Waals surface area contributed by atoms with Crippen molar-refractivity contribution in [1.29, 1.82) is 0 Å². The van der Waals surface area contributed by atoms with E-state index in [2.05, 4.69) is 50.3 Å². The summed E-state index contributed by atoms with van der Waals surface area (Å²) in [7, 11) is -4.27. The molecule has 0 aromatic carbocycles. The lowest BCUT2D eigenvalue weighted by molar-refractivity contribution is -0.154. The normalized spacial score (nSPS) is 14.0. The maximum atomic E-state index is 12.5. The predicted molar refractivity (Wildman–Crippen MR) is 201 cm³/mol. The summed E-state index contributed by atoms with van der Waals surface area (Å²) in [6.07, 6.45) is 40.1. The highest BCUT2D eigenvalue weighted by molar-refractivity contribution is 7.47. The largest absolute Gasteiger partial charge is 0.472 e. The summed E-state index contributed by atoms with van der Waals surface area (Å²) in [6, 6.07) is 0. The molecule has 8 nitrogen and oxygen atoms in total. The predicted octanol–water partition coefficient (Wildman–Crippen LogP) is 11.1. The van der Waals surface area contributed by atoms with Gasteiger partial charge < -0.3 is 20.1 Å². The third-order valence-corrected chi connectivity index (χ3v) is 9.06. The minimum Gasteiger partial charge on any atom is -0.457 e. The van der Waals surface area contributed by atoms with Crippen LogP contribution >= 0.6 is 7.82 Å². The average molecular weight is 700 g/mol. The van der Waals surface area contributed by atoms with Crippen molar-refractivity contribution >= 4 is 13.8 Å². The first-order chi connectivity index (χ1) is 23.4. The third-order valence-electron chi connectivity index (χ3n) is 8.07. The number of hydrogen-bond donors (Lipinski definition) is 2. The molecule has 0 aromatic heterocycles. The number of ether oxygens (including phenoxy) is 2. The van der Waals surface area contributed by atoms with Crippen molar-refractivity contribution in [1.82, 2.24) is 0 Å². The van der Waals surface area contributed by atoms with Crippen molar-refractivity contribution in [2.24, 2.45) is 5.73 Å². The van der Waals surface area contributed by atoms with E-state index in [4.69, 9.17) is 24.3 Å². The molecule has 0 bridgehead atoms. The number of esters is 1. The second-order valence-electron chi connectivity index (χ2n) is 12.8. The Labute approximate surface area is 295 Å². The van der Waals surface area contributed by atoms with Crippen LogP contribution in [0.2, 0.25) is 0 Å². The minimum absolute atomic E-state index is 0.0967. The van der Waals surface area contributed by atoms with Crippen molar-refractivity contribution in [3.05, 3.63) is 36.5 Å². The summed E-state index contributed by atoms with van der Waals surface area (Å²) in [5.74, 6) is -0.339. The van der Waals surface area contributed by atoms with Crippen molar-refractivity contribution in [2.45, 2.75) is 174 Å². The molecule has 0 amide bonds. The second-order valence-corrected chi connectivity index (χ2v) is 14.2. The van der Waals surface area contributed by atoms with Crippen molar-refractivity contribution in [3.63, 3.8) is 0 Å². The maximum absolute atomic E-state index is 12.5. The average Bonchev–Trinajstić information content (AvgIpc) is 3.07. The monoisotopic (exact) mass is 700 g/mol. The van der Waals surface area contributed by atoms with Gasteiger partial charge in [-0.05, 0) is 44.9 Å². The summed E-state index contributed by atoms with van der Waals surface area (Å²) < 4.78 is 33.3. The van der Waals surface area contributed by atoms with Crippen molar-refractivity contribution in [2.75, 3.05) is 33.0 Å². The van der Waals surface area contributed by atoms with E-state index in [0.29, 0.717) is 13.0 Å². The van der Waals surface area contributed by atoms with E-state index in [0.717, 1.165) is 70.6 Å². The van der Waals surface area contributed by atoms with Crippen LogP contribution in [0.5, 0.6) is 0 Å². The van der Waals surface area contributed by atoms with Gasteiger partial charge in [0.2, 0.25) is 0 Å². The summed E-state index contributed by atoms with van der Waals surface area (Å²) in [4.78, 5) is 22.4. The second kappa shape index (κ2) is 37.0. The fraction of sp³-hybridized carbons (Fsp3) is 0.821. The zero-order chi connectivity index (χ0) is 35.2. The zero-order valence-electron chi connectivity index (χ0n) is 31.0. The van der Waals surface area contributed by atoms with Crippen LogP contribution in [-0.4, -0.2) is 49.9 Å². The summed E-state index contributed by atoms with van der Waals surface area (Å²) in [5.41, 5.74) is 5.35. The molecule has 0 saturated carbocycles. The highest BCUT2D eigenvalue weighted by Gasteiger charge is 2.25. The van der Waals surface area contributed by atoms with Gasteiger partial charge in [-0.1, -0.05) is 153 Å². The van der Waals surface area contributed by atoms with E-state index in [-0.39, 0.29) is 32.3 Å². The molecule has 9 heteroatoms. The Hall–Kier alpha value is -1.28. The Morgan fingerprint density at radius 2 is 1.17 bits per heavy atom. The van der Waals surface area contributed by atoms with Gasteiger partial charge >= 0.3 is 13.8 Å². The molecule has 0 heterocycles. The lowest BCUT2D eigenvalue weighted by atomic mass is 10.0. The van der Waals surface area contributed by atoms with Gasteiger partial charge in [-0.2, -0.15) is 0 Å². The number of carbonyl (C=O) groups excluding carboxylic acids is 1. The SMILES string of the molecule is CC/C=C\C/C=C\C/C=C\CCCCCCOCC(COP(=O)(O)OCCN)OC(=O)CCCCCCCCCCCCCCCCC. The first-order valence-corrected chi connectivity index (χ1v) is 21.0. The van der Waals surface area contributed by atoms with E-state index < -0.39 is 13.9 Å². The number of rotatable bonds is 37. The van der Waals surface area contributed by atoms with Crippen LogP contribution in [0.1, 0.15) is 168 Å². The zero-order valence-corrected chi connectivity index (χ0v) is 31.9. The van der Waals surface area contributed by atoms with Crippen LogP contribution in [0.4, 0.5) is 0 Å². The Bertz CT molecular complexity index is 833. The molecule has 0 rings (SSSR count). The molecule has 0 aromatic rings. The Morgan fingerprint density at radius 3 is 1.75 bits per heavy atom. The quantitative estimate of drug-likeness (QED) is 0.0285. The number of phosphoric ester groups is 1. The molecule has 0 aliphatic rings. The number of nitrogens with two attached hydrogens (primary N) is 1. The van der Waals surface area contributed by atoms with Crippen LogP contribution in [0.3, 0.4) is 0 Å². The van der Waals surface area contributed by atoms with Gasteiger partial charge in [-0.3, -0.25) is 13.8 Å². The van der Waals surface area contributed by atoms with Crippen LogP contribution < -0.4 is 5.73 Å². The van der Waals surface area contributed by atoms with Crippen LogP contribution in [0.15, 0.2) is 36.5 Å². The van der Waals surface area contributed by atoms with Crippen molar-refractivity contribution in [3.8, 4) is 0 Å². The van der Waals surface area contributed by atoms with Gasteiger partial charge in [0, 0.05) is 19.6 Å². The Morgan fingerprint density at radius 1 is 0.646 bits per heavy atom. The first kappa shape index (κ1) is 46.7. The van der Waals surface area contributed by atoms with Crippen molar-refractivity contribution < 1.29 is 32.8 Å². The highest BCUT2D eigenvalue weighted by Crippen LogP contribution is 2.43. The van der Waals surface area contributed by atoms with E-state index in [1.165, 1.54) is 77.0 Å². The fourth-order valence-electron chi connectivity index (χ4n) is 5.25. The van der Waals surface area contributed by atoms with Gasteiger partial charge in [0.25, 0.3) is 0 Å². The van der Waals surface area contributed by atoms with E-state index in [1.807, 2.05) is 0 Å². The topological polar surface area (TPSA) is 117 Å². The summed E-state index contributed by atoms with van der Waals surface area (Å²) >= 11 is 0. The van der Waals surface area contributed by atoms with Crippen LogP contribution in [0.25, 0.3) is 0 Å². The molecular weight excluding hydrogens is 625 g/mol. The summed E-state index contributed by atoms with van der Waals surface area (Å²) in [5, 5.41) is 0. The van der Waals surface area contributed by atoms with E-state index in [9.17, 15) is 14.3 Å². The molecule has 2 atom stereocenters. The lowest BCUT2D eigenvalue weighted by Crippen LogP contribution is -2.28. The third kappa shape index (κ3) is 36.0. The molecule has 0 fully saturated rings. The van der Waals surface area contributed by atoms with Gasteiger partial charge in [-0.15, -0.1) is 0 Å². The molecule has 0 aliphatic carbocycles. The number of unbranched alkanes of at least 4 members (excludes halogenated alkanes) is 18. The smallest absolute Gasteiger partial charge is 0.457 e. The van der Waals surface area contributed by atoms with Gasteiger partial charge in [0.05, 0.1) is 19.8 Å². The number of allylic oxidation sites excluding steroid dienone is 6. The maximum Gasteiger partial charge on any atom is 0.472 e. The first-order valence-electron chi connectivity index (χ1n) is 19.5. The van der Waals surface area contributed by atoms with Crippen LogP contribution in [-0.2, 0) is 27.9 Å². The minimum atomic E-state index is -4.27. The number of hydrogen-bond acceptors (Lipinski definition) is 7. The molecule has 48 heavy (non-hydrogen) atoms. The molecule has 3 N–H and O–H groups in total. The Kier molecular flexibility index (Phi) is 36.0. The molecular formula is C39H74NO7P. The summed E-state index contributed by atoms with van der Waals surface area (Å²) in [6.45, 7) is 4.76. The molecule has 282 valence electrons. The highest BCUT2D eigenvalue weighted by atomic mass is 31.2. The standard InChI is InChI=1S/C39H74NO7P/c1-3-5-7-9-11-13-15-17-19-20-22-24-26-28-30-32-39(41)47-38(37-46-48(42,43)45-35-33-40)36-44-34-31-29-27-25-23-21-18-16-14-12-10-8-6-4-2/h6,8,12,14,18,21,38H,3-5,7,9-11,13,15-17,19-20,22-37,40H2,1-2H3,(H,42,43)/b8-6-,14-12-,21-18-. The van der Waals surface area contributed by atoms with Gasteiger partial charge in [0.1, 0.15) is 6.10 Å². The number of phosphoric acid groups is 1. The lowest BCUT2D eigenvalue weighted by Gasteiger charge is -2.20. The fourth-order valence-corrected chi connectivity index (χ4v) is 6.01. The molecule has 2 unspecified atom stereocenters. The Balaban J connectivity index is 4.10. The number of carbonyl (C=O) groups is 1. The van der Waals surface area contributed by atoms with E-state index in [1.54, 1.807) is 0 Å². The molecule has 0 spiro atoms. The van der Waals surface area contributed by atoms with Gasteiger partial charge in [0.15, 0.2) is 0 Å². The molecule has 0 saturated heterocycles. The molecule has 0 radical (unpaired) electrons.